The number of Topliss-reactive ketones (excluding diaryl/α,β-unsaturated/α-hetero) is 1. The number of benzene rings is 1. The van der Waals surface area contributed by atoms with Crippen LogP contribution in [-0.2, 0) is 9.59 Å². The third kappa shape index (κ3) is 3.72. The molecule has 30 heavy (non-hydrogen) atoms. The molecule has 1 aromatic heterocycles. The summed E-state index contributed by atoms with van der Waals surface area (Å²) in [6.45, 7) is 8.08. The largest absolute Gasteiger partial charge is 0.362 e. The molecule has 0 unspecified atom stereocenters. The molecule has 0 fully saturated rings. The van der Waals surface area contributed by atoms with Crippen LogP contribution in [0.5, 0.6) is 0 Å². The van der Waals surface area contributed by atoms with E-state index in [0.29, 0.717) is 23.3 Å². The van der Waals surface area contributed by atoms with E-state index in [1.165, 1.54) is 24.3 Å². The van der Waals surface area contributed by atoms with Crippen molar-refractivity contribution in [2.75, 3.05) is 5.32 Å². The molecule has 6 heteroatoms. The number of hydrogen-bond donors (Lipinski definition) is 2. The van der Waals surface area contributed by atoms with Gasteiger partial charge in [0.1, 0.15) is 5.82 Å². The lowest BCUT2D eigenvalue weighted by Crippen LogP contribution is -2.39. The Balaban J connectivity index is 1.79. The van der Waals surface area contributed by atoms with E-state index in [2.05, 4.69) is 24.5 Å². The summed E-state index contributed by atoms with van der Waals surface area (Å²) in [6, 6.07) is 7.70. The van der Waals surface area contributed by atoms with Crippen LogP contribution >= 0.6 is 11.3 Å². The number of hydrogen-bond acceptors (Lipinski definition) is 4. The Kier molecular flexibility index (Phi) is 5.14. The van der Waals surface area contributed by atoms with Crippen LogP contribution in [0.25, 0.3) is 0 Å². The van der Waals surface area contributed by atoms with Crippen molar-refractivity contribution in [2.45, 2.75) is 46.5 Å². The minimum atomic E-state index is -0.398. The van der Waals surface area contributed by atoms with Gasteiger partial charge in [-0.25, -0.2) is 4.39 Å². The Labute approximate surface area is 179 Å². The van der Waals surface area contributed by atoms with Gasteiger partial charge in [-0.05, 0) is 67.0 Å². The standard InChI is InChI=1S/C24H25FN2O2S/c1-13-9-10-30-22(13)21-19(23(29)27-16-7-5-15(25)6-8-16)14(2)26-17-11-24(3,4)12-18(28)20(17)21/h5-10,21,26H,11-12H2,1-4H3,(H,27,29)/t21-/m1/s1. The molecule has 2 N–H and O–H groups in total. The van der Waals surface area contributed by atoms with Gasteiger partial charge in [0.25, 0.3) is 5.91 Å². The van der Waals surface area contributed by atoms with Crippen molar-refractivity contribution >= 4 is 28.7 Å². The third-order valence-electron chi connectivity index (χ3n) is 5.75. The number of rotatable bonds is 3. The Morgan fingerprint density at radius 3 is 2.50 bits per heavy atom. The lowest BCUT2D eigenvalue weighted by atomic mass is 9.69. The molecular weight excluding hydrogens is 399 g/mol. The Bertz CT molecular complexity index is 1090. The van der Waals surface area contributed by atoms with Gasteiger partial charge in [0.05, 0.1) is 5.92 Å². The van der Waals surface area contributed by atoms with E-state index in [-0.39, 0.29) is 22.9 Å². The maximum Gasteiger partial charge on any atom is 0.254 e. The number of carbonyl (C=O) groups excluding carboxylic acids is 2. The zero-order valence-electron chi connectivity index (χ0n) is 17.6. The molecule has 4 rings (SSSR count). The minimum Gasteiger partial charge on any atom is -0.362 e. The number of nitrogens with one attached hydrogen (secondary N) is 2. The molecule has 0 saturated heterocycles. The van der Waals surface area contributed by atoms with E-state index in [0.717, 1.165) is 28.3 Å². The fourth-order valence-corrected chi connectivity index (χ4v) is 5.46. The summed E-state index contributed by atoms with van der Waals surface area (Å²) in [6.07, 6.45) is 1.22. The zero-order valence-corrected chi connectivity index (χ0v) is 18.4. The first-order valence-corrected chi connectivity index (χ1v) is 10.9. The lowest BCUT2D eigenvalue weighted by molar-refractivity contribution is -0.118. The van der Waals surface area contributed by atoms with Crippen LogP contribution in [0.3, 0.4) is 0 Å². The number of ketones is 1. The first-order chi connectivity index (χ1) is 14.2. The summed E-state index contributed by atoms with van der Waals surface area (Å²) in [5.74, 6) is -0.954. The molecule has 2 heterocycles. The zero-order chi connectivity index (χ0) is 21.6. The van der Waals surface area contributed by atoms with Crippen LogP contribution in [0, 0.1) is 18.2 Å². The highest BCUT2D eigenvalue weighted by molar-refractivity contribution is 7.10. The van der Waals surface area contributed by atoms with Crippen LogP contribution in [0.1, 0.15) is 50.0 Å². The second-order valence-electron chi connectivity index (χ2n) is 8.86. The molecule has 0 spiro atoms. The van der Waals surface area contributed by atoms with Crippen LogP contribution in [-0.4, -0.2) is 11.7 Å². The molecule has 1 atom stereocenters. The molecule has 4 nitrogen and oxygen atoms in total. The molecule has 0 bridgehead atoms. The fourth-order valence-electron chi connectivity index (χ4n) is 4.41. The monoisotopic (exact) mass is 424 g/mol. The number of amides is 1. The van der Waals surface area contributed by atoms with Crippen LogP contribution in [0.2, 0.25) is 0 Å². The predicted octanol–water partition coefficient (Wildman–Crippen LogP) is 5.44. The molecule has 1 aliphatic heterocycles. The molecule has 2 aromatic rings. The highest BCUT2D eigenvalue weighted by atomic mass is 32.1. The number of dihydropyridines is 1. The van der Waals surface area contributed by atoms with Gasteiger partial charge < -0.3 is 10.6 Å². The van der Waals surface area contributed by atoms with E-state index in [4.69, 9.17) is 0 Å². The van der Waals surface area contributed by atoms with Gasteiger partial charge in [0.2, 0.25) is 0 Å². The first kappa shape index (κ1) is 20.5. The van der Waals surface area contributed by atoms with Crippen molar-refractivity contribution in [3.8, 4) is 0 Å². The molecule has 2 aliphatic rings. The lowest BCUT2D eigenvalue weighted by Gasteiger charge is -2.39. The summed E-state index contributed by atoms with van der Waals surface area (Å²) < 4.78 is 13.3. The molecule has 1 aromatic carbocycles. The minimum absolute atomic E-state index is 0.0890. The Hall–Kier alpha value is -2.73. The van der Waals surface area contributed by atoms with E-state index < -0.39 is 5.92 Å². The van der Waals surface area contributed by atoms with E-state index in [9.17, 15) is 14.0 Å². The topological polar surface area (TPSA) is 58.2 Å². The highest BCUT2D eigenvalue weighted by Gasteiger charge is 2.43. The predicted molar refractivity (Wildman–Crippen MR) is 118 cm³/mol. The van der Waals surface area contributed by atoms with Gasteiger partial charge in [-0.3, -0.25) is 9.59 Å². The van der Waals surface area contributed by atoms with Gasteiger partial charge in [0.15, 0.2) is 5.78 Å². The van der Waals surface area contributed by atoms with Crippen molar-refractivity contribution in [3.63, 3.8) is 0 Å². The van der Waals surface area contributed by atoms with Gasteiger partial charge >= 0.3 is 0 Å². The first-order valence-electron chi connectivity index (χ1n) is 10.0. The van der Waals surface area contributed by atoms with Gasteiger partial charge in [-0.15, -0.1) is 11.3 Å². The van der Waals surface area contributed by atoms with Crippen LogP contribution < -0.4 is 10.6 Å². The molecule has 0 saturated carbocycles. The van der Waals surface area contributed by atoms with E-state index >= 15 is 0 Å². The SMILES string of the molecule is CC1=C(C(=O)Nc2ccc(F)cc2)[C@@H](c2sccc2C)C2=C(CC(C)(C)CC2=O)N1. The average Bonchev–Trinajstić information content (AvgIpc) is 3.07. The highest BCUT2D eigenvalue weighted by Crippen LogP contribution is 2.48. The molecule has 1 aliphatic carbocycles. The van der Waals surface area contributed by atoms with Crippen molar-refractivity contribution < 1.29 is 14.0 Å². The van der Waals surface area contributed by atoms with Gasteiger partial charge in [-0.2, -0.15) is 0 Å². The summed E-state index contributed by atoms with van der Waals surface area (Å²) in [7, 11) is 0. The van der Waals surface area contributed by atoms with Crippen molar-refractivity contribution in [1.82, 2.24) is 5.32 Å². The maximum atomic E-state index is 13.4. The van der Waals surface area contributed by atoms with E-state index in [1.54, 1.807) is 11.3 Å². The third-order valence-corrected chi connectivity index (χ3v) is 6.83. The average molecular weight is 425 g/mol. The smallest absolute Gasteiger partial charge is 0.254 e. The van der Waals surface area contributed by atoms with Crippen LogP contribution in [0.15, 0.2) is 58.3 Å². The second kappa shape index (κ2) is 7.51. The number of halogens is 1. The molecule has 1 amide bonds. The number of allylic oxidation sites excluding steroid dienone is 3. The van der Waals surface area contributed by atoms with Crippen molar-refractivity contribution in [3.05, 3.63) is 74.5 Å². The Morgan fingerprint density at radius 1 is 1.17 bits per heavy atom. The number of anilines is 1. The van der Waals surface area contributed by atoms with Gasteiger partial charge in [0, 0.05) is 39.5 Å². The van der Waals surface area contributed by atoms with Crippen LogP contribution in [0.4, 0.5) is 10.1 Å². The summed E-state index contributed by atoms with van der Waals surface area (Å²) >= 11 is 1.57. The number of carbonyl (C=O) groups is 2. The number of aryl methyl sites for hydroxylation is 1. The van der Waals surface area contributed by atoms with E-state index in [1.807, 2.05) is 25.3 Å². The summed E-state index contributed by atoms with van der Waals surface area (Å²) in [5.41, 5.74) is 4.37. The molecular formula is C24H25FN2O2S. The maximum absolute atomic E-state index is 13.4. The second-order valence-corrected chi connectivity index (χ2v) is 9.81. The van der Waals surface area contributed by atoms with Crippen molar-refractivity contribution in [2.24, 2.45) is 5.41 Å². The quantitative estimate of drug-likeness (QED) is 0.690. The van der Waals surface area contributed by atoms with Gasteiger partial charge in [-0.1, -0.05) is 13.8 Å². The summed E-state index contributed by atoms with van der Waals surface area (Å²) in [4.78, 5) is 27.6. The molecule has 156 valence electrons. The number of thiophene rings is 1. The Morgan fingerprint density at radius 2 is 1.87 bits per heavy atom. The van der Waals surface area contributed by atoms with Crippen molar-refractivity contribution in [1.29, 1.82) is 0 Å². The fraction of sp³-hybridized carbons (Fsp3) is 0.333. The normalized spacial score (nSPS) is 20.7. The summed E-state index contributed by atoms with van der Waals surface area (Å²) in [5, 5.41) is 8.23. The molecule has 0 radical (unpaired) electrons.